The van der Waals surface area contributed by atoms with Crippen molar-refractivity contribution in [2.45, 2.75) is 31.8 Å². The van der Waals surface area contributed by atoms with Crippen molar-refractivity contribution in [2.75, 3.05) is 0 Å². The van der Waals surface area contributed by atoms with E-state index in [4.69, 9.17) is 4.74 Å². The number of fused-ring (bicyclic) bond motifs is 2. The van der Waals surface area contributed by atoms with Gasteiger partial charge >= 0.3 is 0 Å². The Morgan fingerprint density at radius 3 is 2.47 bits per heavy atom. The van der Waals surface area contributed by atoms with Crippen LogP contribution in [-0.4, -0.2) is 11.0 Å². The molecule has 0 saturated heterocycles. The van der Waals surface area contributed by atoms with Gasteiger partial charge in [0, 0.05) is 12.1 Å². The smallest absolute Gasteiger partial charge is 0.269 e. The Hall–Kier alpha value is -1.58. The maximum atomic E-state index is 10.5. The molecule has 0 N–H and O–H groups in total. The zero-order valence-corrected chi connectivity index (χ0v) is 9.54. The number of hydrogen-bond donors (Lipinski definition) is 0. The molecule has 2 saturated carbocycles. The number of hydrogen-bond acceptors (Lipinski definition) is 3. The minimum atomic E-state index is -0.388. The highest BCUT2D eigenvalue weighted by molar-refractivity contribution is 5.36. The molecule has 4 nitrogen and oxygen atoms in total. The molecule has 2 aliphatic rings. The third kappa shape index (κ3) is 1.99. The van der Waals surface area contributed by atoms with Crippen LogP contribution in [0.1, 0.15) is 25.7 Å². The van der Waals surface area contributed by atoms with Crippen molar-refractivity contribution in [1.82, 2.24) is 0 Å². The molecular weight excluding hydrogens is 218 g/mol. The molecule has 0 unspecified atom stereocenters. The summed E-state index contributed by atoms with van der Waals surface area (Å²) in [7, 11) is 0. The van der Waals surface area contributed by atoms with Crippen LogP contribution in [0.25, 0.3) is 0 Å². The average molecular weight is 233 g/mol. The number of rotatable bonds is 3. The van der Waals surface area contributed by atoms with Crippen molar-refractivity contribution in [1.29, 1.82) is 0 Å². The van der Waals surface area contributed by atoms with Crippen LogP contribution in [0.4, 0.5) is 5.69 Å². The van der Waals surface area contributed by atoms with E-state index in [1.54, 1.807) is 12.1 Å². The number of nitro benzene ring substituents is 1. The van der Waals surface area contributed by atoms with Gasteiger partial charge in [-0.25, -0.2) is 0 Å². The van der Waals surface area contributed by atoms with Crippen LogP contribution < -0.4 is 4.74 Å². The Balaban J connectivity index is 1.67. The molecule has 3 atom stereocenters. The first-order valence-corrected chi connectivity index (χ1v) is 6.13. The summed E-state index contributed by atoms with van der Waals surface area (Å²) < 4.78 is 5.92. The average Bonchev–Trinajstić information content (AvgIpc) is 2.91. The van der Waals surface area contributed by atoms with Crippen molar-refractivity contribution in [2.24, 2.45) is 11.8 Å². The summed E-state index contributed by atoms with van der Waals surface area (Å²) in [5.74, 6) is 2.31. The molecule has 3 rings (SSSR count). The highest BCUT2D eigenvalue weighted by Gasteiger charge is 2.40. The van der Waals surface area contributed by atoms with E-state index < -0.39 is 0 Å². The van der Waals surface area contributed by atoms with Gasteiger partial charge in [-0.05, 0) is 49.7 Å². The molecule has 90 valence electrons. The van der Waals surface area contributed by atoms with Crippen LogP contribution in [0.2, 0.25) is 0 Å². The molecule has 1 aromatic rings. The first kappa shape index (κ1) is 10.6. The highest BCUT2D eigenvalue weighted by Crippen LogP contribution is 2.46. The molecule has 2 aliphatic carbocycles. The first-order valence-electron chi connectivity index (χ1n) is 6.13. The summed E-state index contributed by atoms with van der Waals surface area (Å²) in [5.41, 5.74) is 0.116. The highest BCUT2D eigenvalue weighted by atomic mass is 16.6. The molecule has 0 aromatic heterocycles. The van der Waals surface area contributed by atoms with Gasteiger partial charge in [-0.15, -0.1) is 0 Å². The summed E-state index contributed by atoms with van der Waals surface area (Å²) in [6.07, 6.45) is 5.42. The number of non-ortho nitro benzene ring substituents is 1. The second-order valence-corrected chi connectivity index (χ2v) is 5.08. The van der Waals surface area contributed by atoms with E-state index in [0.717, 1.165) is 18.1 Å². The Bertz CT molecular complexity index is 429. The van der Waals surface area contributed by atoms with E-state index in [2.05, 4.69) is 0 Å². The minimum Gasteiger partial charge on any atom is -0.490 e. The predicted octanol–water partition coefficient (Wildman–Crippen LogP) is 3.16. The van der Waals surface area contributed by atoms with Gasteiger partial charge in [0.1, 0.15) is 11.9 Å². The van der Waals surface area contributed by atoms with Crippen LogP contribution >= 0.6 is 0 Å². The molecule has 0 spiro atoms. The van der Waals surface area contributed by atoms with E-state index in [9.17, 15) is 10.1 Å². The van der Waals surface area contributed by atoms with Gasteiger partial charge in [-0.3, -0.25) is 10.1 Å². The SMILES string of the molecule is O=[N+]([O-])c1ccc(O[C@H]2C[C@@H]3CC[C@H]2C3)cc1. The Morgan fingerprint density at radius 2 is 1.94 bits per heavy atom. The fourth-order valence-electron chi connectivity index (χ4n) is 3.15. The Labute approximate surface area is 99.7 Å². The van der Waals surface area contributed by atoms with E-state index in [-0.39, 0.29) is 10.6 Å². The Kier molecular flexibility index (Phi) is 2.50. The lowest BCUT2D eigenvalue weighted by molar-refractivity contribution is -0.384. The van der Waals surface area contributed by atoms with Gasteiger partial charge in [-0.1, -0.05) is 0 Å². The Morgan fingerprint density at radius 1 is 1.18 bits per heavy atom. The van der Waals surface area contributed by atoms with Crippen molar-refractivity contribution < 1.29 is 9.66 Å². The van der Waals surface area contributed by atoms with Gasteiger partial charge < -0.3 is 4.74 Å². The maximum Gasteiger partial charge on any atom is 0.269 e. The van der Waals surface area contributed by atoms with Crippen molar-refractivity contribution >= 4 is 5.69 Å². The van der Waals surface area contributed by atoms with Crippen molar-refractivity contribution in [3.05, 3.63) is 34.4 Å². The number of ether oxygens (including phenoxy) is 1. The zero-order chi connectivity index (χ0) is 11.8. The predicted molar refractivity (Wildman–Crippen MR) is 63.0 cm³/mol. The monoisotopic (exact) mass is 233 g/mol. The van der Waals surface area contributed by atoms with E-state index in [0.29, 0.717) is 12.0 Å². The zero-order valence-electron chi connectivity index (χ0n) is 9.54. The van der Waals surface area contributed by atoms with Gasteiger partial charge in [0.25, 0.3) is 5.69 Å². The second kappa shape index (κ2) is 4.02. The molecule has 1 aromatic carbocycles. The molecule has 0 radical (unpaired) electrons. The van der Waals surface area contributed by atoms with Crippen LogP contribution in [0.15, 0.2) is 24.3 Å². The van der Waals surface area contributed by atoms with Gasteiger partial charge in [0.05, 0.1) is 4.92 Å². The van der Waals surface area contributed by atoms with Gasteiger partial charge in [0.15, 0.2) is 0 Å². The van der Waals surface area contributed by atoms with Crippen molar-refractivity contribution in [3.8, 4) is 5.75 Å². The third-order valence-corrected chi connectivity index (χ3v) is 4.01. The lowest BCUT2D eigenvalue weighted by Gasteiger charge is -2.22. The molecule has 17 heavy (non-hydrogen) atoms. The lowest BCUT2D eigenvalue weighted by atomic mass is 9.98. The molecule has 0 aliphatic heterocycles. The molecular formula is C13H15NO3. The van der Waals surface area contributed by atoms with E-state index in [1.807, 2.05) is 0 Å². The summed E-state index contributed by atoms with van der Waals surface area (Å²) in [6, 6.07) is 6.40. The van der Waals surface area contributed by atoms with Crippen LogP contribution in [0, 0.1) is 22.0 Å². The fourth-order valence-corrected chi connectivity index (χ4v) is 3.15. The molecule has 2 bridgehead atoms. The molecule has 0 amide bonds. The summed E-state index contributed by atoms with van der Waals surface area (Å²) >= 11 is 0. The minimum absolute atomic E-state index is 0.116. The standard InChI is InChI=1S/C13H15NO3/c15-14(16)11-3-5-12(6-4-11)17-13-8-9-1-2-10(13)7-9/h3-6,9-10,13H,1-2,7-8H2/t9-,10+,13+/m1/s1. The fraction of sp³-hybridized carbons (Fsp3) is 0.538. The van der Waals surface area contributed by atoms with Crippen molar-refractivity contribution in [3.63, 3.8) is 0 Å². The van der Waals surface area contributed by atoms with E-state index >= 15 is 0 Å². The summed E-state index contributed by atoms with van der Waals surface area (Å²) in [4.78, 5) is 10.1. The van der Waals surface area contributed by atoms with Crippen LogP contribution in [0.5, 0.6) is 5.75 Å². The number of benzene rings is 1. The van der Waals surface area contributed by atoms with Gasteiger partial charge in [0.2, 0.25) is 0 Å². The summed E-state index contributed by atoms with van der Waals surface area (Å²) in [5, 5.41) is 10.5. The maximum absolute atomic E-state index is 10.5. The number of nitrogens with zero attached hydrogens (tertiary/aromatic N) is 1. The molecule has 2 fully saturated rings. The first-order chi connectivity index (χ1) is 8.22. The number of nitro groups is 1. The summed E-state index contributed by atoms with van der Waals surface area (Å²) in [6.45, 7) is 0. The largest absolute Gasteiger partial charge is 0.490 e. The normalized spacial score (nSPS) is 30.5. The molecule has 4 heteroatoms. The topological polar surface area (TPSA) is 52.4 Å². The third-order valence-electron chi connectivity index (χ3n) is 4.01. The quantitative estimate of drug-likeness (QED) is 0.595. The molecule has 0 heterocycles. The van der Waals surface area contributed by atoms with Gasteiger partial charge in [-0.2, -0.15) is 0 Å². The van der Waals surface area contributed by atoms with Crippen LogP contribution in [0.3, 0.4) is 0 Å². The van der Waals surface area contributed by atoms with Crippen LogP contribution in [-0.2, 0) is 0 Å². The second-order valence-electron chi connectivity index (χ2n) is 5.08. The van der Waals surface area contributed by atoms with E-state index in [1.165, 1.54) is 31.4 Å². The lowest BCUT2D eigenvalue weighted by Crippen LogP contribution is -2.23.